The zero-order chi connectivity index (χ0) is 12.4. The molecule has 17 heavy (non-hydrogen) atoms. The van der Waals surface area contributed by atoms with Crippen molar-refractivity contribution in [3.05, 3.63) is 46.5 Å². The summed E-state index contributed by atoms with van der Waals surface area (Å²) >= 11 is 5.74. The molecule has 1 heterocycles. The number of benzene rings is 1. The molecule has 0 radical (unpaired) electrons. The number of rotatable bonds is 3. The first kappa shape index (κ1) is 12.1. The lowest BCUT2D eigenvalue weighted by Gasteiger charge is -2.02. The first-order valence-electron chi connectivity index (χ1n) is 5.32. The molecule has 0 unspecified atom stereocenters. The largest absolute Gasteiger partial charge is 0.330 e. The van der Waals surface area contributed by atoms with Crippen LogP contribution in [0.1, 0.15) is 11.3 Å². The van der Waals surface area contributed by atoms with E-state index in [4.69, 9.17) is 17.3 Å². The SMILES string of the molecule is Cc1nn(-c2ccc(F)c(Cl)c2)cc1CCN. The Hall–Kier alpha value is -1.39. The molecule has 0 saturated heterocycles. The Balaban J connectivity index is 2.39. The summed E-state index contributed by atoms with van der Waals surface area (Å²) in [4.78, 5) is 0. The quantitative estimate of drug-likeness (QED) is 0.913. The minimum Gasteiger partial charge on any atom is -0.330 e. The third kappa shape index (κ3) is 2.48. The standard InChI is InChI=1S/C12H13ClFN3/c1-8-9(4-5-15)7-17(16-8)10-2-3-12(14)11(13)6-10/h2-3,6-7H,4-5,15H2,1H3. The van der Waals surface area contributed by atoms with E-state index in [9.17, 15) is 4.39 Å². The van der Waals surface area contributed by atoms with Crippen molar-refractivity contribution in [2.24, 2.45) is 5.73 Å². The lowest BCUT2D eigenvalue weighted by molar-refractivity contribution is 0.627. The first-order chi connectivity index (χ1) is 8.11. The summed E-state index contributed by atoms with van der Waals surface area (Å²) in [6, 6.07) is 4.52. The van der Waals surface area contributed by atoms with Gasteiger partial charge in [-0.3, -0.25) is 0 Å². The van der Waals surface area contributed by atoms with E-state index in [1.54, 1.807) is 16.8 Å². The second kappa shape index (κ2) is 4.85. The van der Waals surface area contributed by atoms with Gasteiger partial charge in [0.15, 0.2) is 0 Å². The molecule has 5 heteroatoms. The Morgan fingerprint density at radius 1 is 1.47 bits per heavy atom. The van der Waals surface area contributed by atoms with Gasteiger partial charge in [0.1, 0.15) is 5.82 Å². The van der Waals surface area contributed by atoms with Crippen molar-refractivity contribution < 1.29 is 4.39 Å². The molecule has 90 valence electrons. The Morgan fingerprint density at radius 3 is 2.88 bits per heavy atom. The van der Waals surface area contributed by atoms with Crippen LogP contribution in [0.4, 0.5) is 4.39 Å². The number of nitrogens with zero attached hydrogens (tertiary/aromatic N) is 2. The van der Waals surface area contributed by atoms with E-state index >= 15 is 0 Å². The number of aryl methyl sites for hydroxylation is 1. The van der Waals surface area contributed by atoms with Gasteiger partial charge >= 0.3 is 0 Å². The average Bonchev–Trinajstić information content (AvgIpc) is 2.65. The van der Waals surface area contributed by atoms with Crippen LogP contribution in [0.25, 0.3) is 5.69 Å². The van der Waals surface area contributed by atoms with Crippen LogP contribution in [0.5, 0.6) is 0 Å². The topological polar surface area (TPSA) is 43.8 Å². The monoisotopic (exact) mass is 253 g/mol. The van der Waals surface area contributed by atoms with E-state index in [0.717, 1.165) is 23.4 Å². The minimum atomic E-state index is -0.429. The smallest absolute Gasteiger partial charge is 0.141 e. The van der Waals surface area contributed by atoms with Gasteiger partial charge in [-0.1, -0.05) is 11.6 Å². The molecular weight excluding hydrogens is 241 g/mol. The Morgan fingerprint density at radius 2 is 2.24 bits per heavy atom. The molecule has 0 amide bonds. The highest BCUT2D eigenvalue weighted by molar-refractivity contribution is 6.30. The van der Waals surface area contributed by atoms with Crippen molar-refractivity contribution in [3.63, 3.8) is 0 Å². The highest BCUT2D eigenvalue weighted by Gasteiger charge is 2.07. The molecular formula is C12H13ClFN3. The fourth-order valence-electron chi connectivity index (χ4n) is 1.66. The zero-order valence-electron chi connectivity index (χ0n) is 9.45. The predicted molar refractivity (Wildman–Crippen MR) is 66.0 cm³/mol. The molecule has 0 aliphatic carbocycles. The number of nitrogens with two attached hydrogens (primary N) is 1. The van der Waals surface area contributed by atoms with E-state index in [1.165, 1.54) is 6.07 Å². The Kier molecular flexibility index (Phi) is 3.45. The van der Waals surface area contributed by atoms with Gasteiger partial charge in [-0.25, -0.2) is 9.07 Å². The van der Waals surface area contributed by atoms with Gasteiger partial charge in [-0.2, -0.15) is 5.10 Å². The Labute approximate surface area is 104 Å². The van der Waals surface area contributed by atoms with Gasteiger partial charge in [0.25, 0.3) is 0 Å². The summed E-state index contributed by atoms with van der Waals surface area (Å²) in [6.45, 7) is 2.50. The van der Waals surface area contributed by atoms with Gasteiger partial charge < -0.3 is 5.73 Å². The van der Waals surface area contributed by atoms with Crippen LogP contribution in [0.3, 0.4) is 0 Å². The number of hydrogen-bond donors (Lipinski definition) is 1. The molecule has 3 nitrogen and oxygen atoms in total. The minimum absolute atomic E-state index is 0.0935. The van der Waals surface area contributed by atoms with Crippen LogP contribution in [0, 0.1) is 12.7 Å². The van der Waals surface area contributed by atoms with Crippen molar-refractivity contribution in [3.8, 4) is 5.69 Å². The van der Waals surface area contributed by atoms with Crippen LogP contribution in [0.2, 0.25) is 5.02 Å². The molecule has 0 atom stereocenters. The van der Waals surface area contributed by atoms with E-state index in [2.05, 4.69) is 5.10 Å². The molecule has 0 spiro atoms. The van der Waals surface area contributed by atoms with Crippen LogP contribution >= 0.6 is 11.6 Å². The van der Waals surface area contributed by atoms with Crippen molar-refractivity contribution in [2.45, 2.75) is 13.3 Å². The summed E-state index contributed by atoms with van der Waals surface area (Å²) in [5.41, 5.74) is 8.27. The maximum atomic E-state index is 13.0. The highest BCUT2D eigenvalue weighted by atomic mass is 35.5. The van der Waals surface area contributed by atoms with Crippen molar-refractivity contribution in [2.75, 3.05) is 6.54 Å². The maximum Gasteiger partial charge on any atom is 0.141 e. The number of hydrogen-bond acceptors (Lipinski definition) is 2. The lowest BCUT2D eigenvalue weighted by atomic mass is 10.2. The average molecular weight is 254 g/mol. The second-order valence-corrected chi connectivity index (χ2v) is 4.23. The summed E-state index contributed by atoms with van der Waals surface area (Å²) in [7, 11) is 0. The maximum absolute atomic E-state index is 13.0. The van der Waals surface area contributed by atoms with Gasteiger partial charge in [-0.05, 0) is 43.7 Å². The first-order valence-corrected chi connectivity index (χ1v) is 5.70. The fourth-order valence-corrected chi connectivity index (χ4v) is 1.83. The second-order valence-electron chi connectivity index (χ2n) is 3.82. The number of halogens is 2. The van der Waals surface area contributed by atoms with Gasteiger partial charge in [0, 0.05) is 6.20 Å². The number of aromatic nitrogens is 2. The Bertz CT molecular complexity index is 537. The molecule has 2 rings (SSSR count). The third-order valence-electron chi connectivity index (χ3n) is 2.58. The van der Waals surface area contributed by atoms with Crippen LogP contribution in [-0.2, 0) is 6.42 Å². The molecule has 0 saturated carbocycles. The van der Waals surface area contributed by atoms with E-state index in [-0.39, 0.29) is 5.02 Å². The summed E-state index contributed by atoms with van der Waals surface area (Å²) in [5.74, 6) is -0.429. The molecule has 0 bridgehead atoms. The fraction of sp³-hybridized carbons (Fsp3) is 0.250. The normalized spacial score (nSPS) is 10.8. The lowest BCUT2D eigenvalue weighted by Crippen LogP contribution is -2.02. The highest BCUT2D eigenvalue weighted by Crippen LogP contribution is 2.19. The molecule has 2 aromatic rings. The van der Waals surface area contributed by atoms with Crippen molar-refractivity contribution >= 4 is 11.6 Å². The molecule has 0 aliphatic heterocycles. The summed E-state index contributed by atoms with van der Waals surface area (Å²) < 4.78 is 14.7. The third-order valence-corrected chi connectivity index (χ3v) is 2.87. The van der Waals surface area contributed by atoms with E-state index < -0.39 is 5.82 Å². The summed E-state index contributed by atoms with van der Waals surface area (Å²) in [5, 5.41) is 4.44. The van der Waals surface area contributed by atoms with Crippen LogP contribution < -0.4 is 5.73 Å². The van der Waals surface area contributed by atoms with E-state index in [1.807, 2.05) is 13.1 Å². The van der Waals surface area contributed by atoms with E-state index in [0.29, 0.717) is 6.54 Å². The molecule has 2 N–H and O–H groups in total. The molecule has 1 aromatic heterocycles. The molecule has 0 aliphatic rings. The molecule has 0 fully saturated rings. The van der Waals surface area contributed by atoms with Gasteiger partial charge in [-0.15, -0.1) is 0 Å². The van der Waals surface area contributed by atoms with Crippen molar-refractivity contribution in [1.29, 1.82) is 0 Å². The van der Waals surface area contributed by atoms with Crippen LogP contribution in [0.15, 0.2) is 24.4 Å². The van der Waals surface area contributed by atoms with Crippen molar-refractivity contribution in [1.82, 2.24) is 9.78 Å². The summed E-state index contributed by atoms with van der Waals surface area (Å²) in [6.07, 6.45) is 2.67. The molecule has 1 aromatic carbocycles. The zero-order valence-corrected chi connectivity index (χ0v) is 10.2. The van der Waals surface area contributed by atoms with Crippen LogP contribution in [-0.4, -0.2) is 16.3 Å². The predicted octanol–water partition coefficient (Wildman–Crippen LogP) is 2.47. The van der Waals surface area contributed by atoms with Gasteiger partial charge in [0.05, 0.1) is 16.4 Å². The van der Waals surface area contributed by atoms with Gasteiger partial charge in [0.2, 0.25) is 0 Å².